The first-order chi connectivity index (χ1) is 13.2. The van der Waals surface area contributed by atoms with Crippen molar-refractivity contribution in [2.24, 2.45) is 0 Å². The summed E-state index contributed by atoms with van der Waals surface area (Å²) in [7, 11) is 2.26. The average molecular weight is 392 g/mol. The van der Waals surface area contributed by atoms with Crippen LogP contribution in [0.2, 0.25) is 0 Å². The van der Waals surface area contributed by atoms with Gasteiger partial charge in [0.05, 0.1) is 4.88 Å². The van der Waals surface area contributed by atoms with Crippen LogP contribution in [-0.4, -0.2) is 67.4 Å². The smallest absolute Gasteiger partial charge is 0.159 e. The standard InChI is InChI=1S/C17H33N3.C5H4OS/c1-19-11-9-17(10-12-19)20-13-7-16(8-14-20)18-15-5-3-2-4-6-15;6-4-5-2-1-3-7-5/h15-18H,2-14H2,1H3;1-4H. The van der Waals surface area contributed by atoms with E-state index in [-0.39, 0.29) is 0 Å². The van der Waals surface area contributed by atoms with Crippen LogP contribution in [0.1, 0.15) is 67.5 Å². The Hall–Kier alpha value is -0.750. The van der Waals surface area contributed by atoms with Crippen LogP contribution in [-0.2, 0) is 0 Å². The third-order valence-electron chi connectivity index (χ3n) is 6.47. The third kappa shape index (κ3) is 6.97. The molecule has 0 spiro atoms. The zero-order valence-electron chi connectivity index (χ0n) is 16.9. The Bertz CT molecular complexity index is 514. The molecule has 1 saturated carbocycles. The van der Waals surface area contributed by atoms with Crippen LogP contribution in [0.4, 0.5) is 0 Å². The van der Waals surface area contributed by atoms with Gasteiger partial charge in [0.1, 0.15) is 0 Å². The molecule has 0 radical (unpaired) electrons. The maximum Gasteiger partial charge on any atom is 0.159 e. The second kappa shape index (κ2) is 11.3. The van der Waals surface area contributed by atoms with Crippen molar-refractivity contribution in [1.29, 1.82) is 0 Å². The zero-order valence-corrected chi connectivity index (χ0v) is 17.8. The van der Waals surface area contributed by atoms with E-state index >= 15 is 0 Å². The first kappa shape index (κ1) is 21.0. The number of carbonyl (C=O) groups excluding carboxylic acids is 1. The number of nitrogens with one attached hydrogen (secondary N) is 1. The van der Waals surface area contributed by atoms with E-state index in [4.69, 9.17) is 0 Å². The average Bonchev–Trinajstić information content (AvgIpc) is 3.25. The molecule has 2 saturated heterocycles. The van der Waals surface area contributed by atoms with E-state index in [0.717, 1.165) is 29.3 Å². The molecule has 152 valence electrons. The van der Waals surface area contributed by atoms with Crippen LogP contribution in [0.15, 0.2) is 17.5 Å². The topological polar surface area (TPSA) is 35.6 Å². The molecule has 5 heteroatoms. The molecule has 1 aliphatic carbocycles. The SMILES string of the molecule is CN1CCC(N2CCC(NC3CCCCC3)CC2)CC1.O=Cc1cccs1. The van der Waals surface area contributed by atoms with Gasteiger partial charge in [0.15, 0.2) is 6.29 Å². The maximum atomic E-state index is 9.88. The third-order valence-corrected chi connectivity index (χ3v) is 7.27. The minimum Gasteiger partial charge on any atom is -0.311 e. The van der Waals surface area contributed by atoms with Gasteiger partial charge in [0.25, 0.3) is 0 Å². The van der Waals surface area contributed by atoms with E-state index in [1.54, 1.807) is 6.07 Å². The highest BCUT2D eigenvalue weighted by molar-refractivity contribution is 7.11. The predicted molar refractivity (Wildman–Crippen MR) is 115 cm³/mol. The van der Waals surface area contributed by atoms with Gasteiger partial charge in [-0.1, -0.05) is 25.3 Å². The van der Waals surface area contributed by atoms with Gasteiger partial charge in [0, 0.05) is 18.1 Å². The van der Waals surface area contributed by atoms with Crippen molar-refractivity contribution >= 4 is 17.6 Å². The summed E-state index contributed by atoms with van der Waals surface area (Å²) in [6, 6.07) is 6.16. The molecule has 0 aromatic carbocycles. The van der Waals surface area contributed by atoms with Crippen LogP contribution in [0, 0.1) is 0 Å². The normalized spacial score (nSPS) is 24.3. The molecule has 0 atom stereocenters. The van der Waals surface area contributed by atoms with Crippen molar-refractivity contribution in [2.45, 2.75) is 75.9 Å². The molecule has 0 unspecified atom stereocenters. The van der Waals surface area contributed by atoms with Crippen LogP contribution in [0.25, 0.3) is 0 Å². The number of carbonyl (C=O) groups is 1. The van der Waals surface area contributed by atoms with Crippen LogP contribution in [0.3, 0.4) is 0 Å². The molecule has 2 aliphatic heterocycles. The Morgan fingerprint density at radius 3 is 2.19 bits per heavy atom. The lowest BCUT2D eigenvalue weighted by molar-refractivity contribution is 0.0892. The fourth-order valence-electron chi connectivity index (χ4n) is 4.75. The van der Waals surface area contributed by atoms with Crippen molar-refractivity contribution in [1.82, 2.24) is 15.1 Å². The summed E-state index contributed by atoms with van der Waals surface area (Å²) in [5, 5.41) is 5.83. The first-order valence-electron chi connectivity index (χ1n) is 10.9. The summed E-state index contributed by atoms with van der Waals surface area (Å²) in [5.74, 6) is 0. The summed E-state index contributed by atoms with van der Waals surface area (Å²) < 4.78 is 0. The van der Waals surface area contributed by atoms with Crippen molar-refractivity contribution < 1.29 is 4.79 Å². The van der Waals surface area contributed by atoms with E-state index < -0.39 is 0 Å². The van der Waals surface area contributed by atoms with Gasteiger partial charge in [-0.15, -0.1) is 11.3 Å². The largest absolute Gasteiger partial charge is 0.311 e. The summed E-state index contributed by atoms with van der Waals surface area (Å²) >= 11 is 1.45. The molecule has 0 amide bonds. The van der Waals surface area contributed by atoms with Crippen molar-refractivity contribution in [2.75, 3.05) is 33.2 Å². The fourth-order valence-corrected chi connectivity index (χ4v) is 5.28. The van der Waals surface area contributed by atoms with E-state index in [2.05, 4.69) is 22.2 Å². The molecule has 4 rings (SSSR count). The number of piperidine rings is 2. The van der Waals surface area contributed by atoms with Gasteiger partial charge in [-0.3, -0.25) is 4.79 Å². The lowest BCUT2D eigenvalue weighted by atomic mass is 9.93. The second-order valence-corrected chi connectivity index (χ2v) is 9.46. The lowest BCUT2D eigenvalue weighted by Gasteiger charge is -2.42. The Kier molecular flexibility index (Phi) is 8.78. The van der Waals surface area contributed by atoms with E-state index in [0.29, 0.717) is 0 Å². The number of hydrogen-bond donors (Lipinski definition) is 1. The number of hydrogen-bond acceptors (Lipinski definition) is 5. The molecule has 1 N–H and O–H groups in total. The lowest BCUT2D eigenvalue weighted by Crippen LogP contribution is -2.51. The Morgan fingerprint density at radius 2 is 1.63 bits per heavy atom. The molecule has 3 fully saturated rings. The van der Waals surface area contributed by atoms with Gasteiger partial charge in [-0.25, -0.2) is 0 Å². The molecule has 4 nitrogen and oxygen atoms in total. The molecular formula is C22H37N3OS. The minimum atomic E-state index is 0.792. The summed E-state index contributed by atoms with van der Waals surface area (Å²) in [6.07, 6.45) is 13.6. The van der Waals surface area contributed by atoms with Crippen LogP contribution >= 0.6 is 11.3 Å². The Balaban J connectivity index is 0.000000253. The van der Waals surface area contributed by atoms with Crippen molar-refractivity contribution in [3.8, 4) is 0 Å². The van der Waals surface area contributed by atoms with Crippen LogP contribution < -0.4 is 5.32 Å². The summed E-state index contributed by atoms with van der Waals surface area (Å²) in [5.41, 5.74) is 0. The highest BCUT2D eigenvalue weighted by Gasteiger charge is 2.28. The van der Waals surface area contributed by atoms with E-state index in [1.807, 2.05) is 11.4 Å². The maximum absolute atomic E-state index is 9.88. The fraction of sp³-hybridized carbons (Fsp3) is 0.773. The van der Waals surface area contributed by atoms with Gasteiger partial charge < -0.3 is 15.1 Å². The van der Waals surface area contributed by atoms with Gasteiger partial charge in [-0.05, 0) is 83.2 Å². The number of nitrogens with zero attached hydrogens (tertiary/aromatic N) is 2. The van der Waals surface area contributed by atoms with Crippen molar-refractivity contribution in [3.63, 3.8) is 0 Å². The van der Waals surface area contributed by atoms with Gasteiger partial charge in [-0.2, -0.15) is 0 Å². The highest BCUT2D eigenvalue weighted by atomic mass is 32.1. The predicted octanol–water partition coefficient (Wildman–Crippen LogP) is 4.03. The Morgan fingerprint density at radius 1 is 0.963 bits per heavy atom. The quantitative estimate of drug-likeness (QED) is 0.786. The van der Waals surface area contributed by atoms with E-state index in [1.165, 1.54) is 95.3 Å². The molecule has 3 heterocycles. The number of rotatable bonds is 4. The van der Waals surface area contributed by atoms with E-state index in [9.17, 15) is 4.79 Å². The monoisotopic (exact) mass is 391 g/mol. The molecule has 1 aromatic rings. The number of thiophene rings is 1. The summed E-state index contributed by atoms with van der Waals surface area (Å²) in [4.78, 5) is 15.9. The molecule has 0 bridgehead atoms. The van der Waals surface area contributed by atoms with Crippen LogP contribution in [0.5, 0.6) is 0 Å². The number of likely N-dealkylation sites (tertiary alicyclic amines) is 2. The molecule has 1 aromatic heterocycles. The number of aldehydes is 1. The first-order valence-corrected chi connectivity index (χ1v) is 11.8. The second-order valence-electron chi connectivity index (χ2n) is 8.48. The zero-order chi connectivity index (χ0) is 18.9. The van der Waals surface area contributed by atoms with Gasteiger partial charge in [0.2, 0.25) is 0 Å². The Labute approximate surface area is 169 Å². The molecular weight excluding hydrogens is 354 g/mol. The minimum absolute atomic E-state index is 0.792. The molecule has 27 heavy (non-hydrogen) atoms. The highest BCUT2D eigenvalue weighted by Crippen LogP contribution is 2.23. The molecule has 3 aliphatic rings. The van der Waals surface area contributed by atoms with Gasteiger partial charge >= 0.3 is 0 Å². The summed E-state index contributed by atoms with van der Waals surface area (Å²) in [6.45, 7) is 5.26. The van der Waals surface area contributed by atoms with Crippen molar-refractivity contribution in [3.05, 3.63) is 22.4 Å².